The molecule has 0 bridgehead atoms. The quantitative estimate of drug-likeness (QED) is 0.491. The van der Waals surface area contributed by atoms with E-state index in [0.717, 1.165) is 25.8 Å². The number of unbranched alkanes of at least 4 members (excludes halogenated alkanes) is 2. The van der Waals surface area contributed by atoms with Crippen LogP contribution in [-0.2, 0) is 9.53 Å². The van der Waals surface area contributed by atoms with Gasteiger partial charge in [0, 0.05) is 18.0 Å². The van der Waals surface area contributed by atoms with Crippen LogP contribution in [0, 0.1) is 0 Å². The van der Waals surface area contributed by atoms with Gasteiger partial charge in [0.15, 0.2) is 0 Å². The predicted molar refractivity (Wildman–Crippen MR) is 63.0 cm³/mol. The van der Waals surface area contributed by atoms with Crippen molar-refractivity contribution in [2.24, 2.45) is 0 Å². The van der Waals surface area contributed by atoms with E-state index >= 15 is 0 Å². The lowest BCUT2D eigenvalue weighted by Gasteiger charge is -2.03. The fraction of sp³-hybridized carbons (Fsp3) is 0.727. The van der Waals surface area contributed by atoms with Crippen molar-refractivity contribution in [3.8, 4) is 0 Å². The van der Waals surface area contributed by atoms with Gasteiger partial charge in [-0.2, -0.15) is 0 Å². The van der Waals surface area contributed by atoms with Gasteiger partial charge in [-0.05, 0) is 26.3 Å². The molecule has 0 aromatic heterocycles. The smallest absolute Gasteiger partial charge is 0.305 e. The van der Waals surface area contributed by atoms with Crippen LogP contribution in [0.2, 0.25) is 0 Å². The third-order valence-corrected chi connectivity index (χ3v) is 1.99. The summed E-state index contributed by atoms with van der Waals surface area (Å²) in [5, 5.41) is 3.78. The molecule has 0 saturated carbocycles. The summed E-state index contributed by atoms with van der Waals surface area (Å²) in [6, 6.07) is 0. The van der Waals surface area contributed by atoms with Crippen LogP contribution < -0.4 is 5.32 Å². The van der Waals surface area contributed by atoms with E-state index in [2.05, 4.69) is 11.9 Å². The SMILES string of the molecule is C=C(Cl)CNCCCCCC(=O)OCC. The highest BCUT2D eigenvalue weighted by atomic mass is 35.5. The number of esters is 1. The van der Waals surface area contributed by atoms with Gasteiger partial charge in [-0.25, -0.2) is 0 Å². The van der Waals surface area contributed by atoms with Crippen LogP contribution in [-0.4, -0.2) is 25.7 Å². The number of ether oxygens (including phenoxy) is 1. The Bertz CT molecular complexity index is 195. The fourth-order valence-corrected chi connectivity index (χ4v) is 1.25. The first-order valence-electron chi connectivity index (χ1n) is 5.36. The lowest BCUT2D eigenvalue weighted by Crippen LogP contribution is -2.16. The minimum atomic E-state index is -0.0976. The molecule has 1 N–H and O–H groups in total. The van der Waals surface area contributed by atoms with Crippen molar-refractivity contribution in [3.63, 3.8) is 0 Å². The zero-order valence-electron chi connectivity index (χ0n) is 9.35. The first-order valence-corrected chi connectivity index (χ1v) is 5.74. The highest BCUT2D eigenvalue weighted by molar-refractivity contribution is 6.29. The number of carbonyl (C=O) groups is 1. The Morgan fingerprint density at radius 2 is 2.13 bits per heavy atom. The minimum absolute atomic E-state index is 0.0976. The summed E-state index contributed by atoms with van der Waals surface area (Å²) in [6.07, 6.45) is 3.49. The van der Waals surface area contributed by atoms with E-state index in [-0.39, 0.29) is 5.97 Å². The van der Waals surface area contributed by atoms with Crippen LogP contribution in [0.5, 0.6) is 0 Å². The van der Waals surface area contributed by atoms with E-state index in [1.807, 2.05) is 6.92 Å². The Morgan fingerprint density at radius 3 is 2.73 bits per heavy atom. The van der Waals surface area contributed by atoms with Crippen molar-refractivity contribution in [2.75, 3.05) is 19.7 Å². The molecule has 0 atom stereocenters. The van der Waals surface area contributed by atoms with E-state index in [9.17, 15) is 4.79 Å². The molecule has 0 heterocycles. The largest absolute Gasteiger partial charge is 0.466 e. The van der Waals surface area contributed by atoms with E-state index in [1.54, 1.807) is 0 Å². The van der Waals surface area contributed by atoms with Crippen LogP contribution in [0.15, 0.2) is 11.6 Å². The molecule has 3 nitrogen and oxygen atoms in total. The maximum atomic E-state index is 11.0. The molecule has 0 aliphatic heterocycles. The van der Waals surface area contributed by atoms with Crippen molar-refractivity contribution < 1.29 is 9.53 Å². The van der Waals surface area contributed by atoms with Crippen molar-refractivity contribution in [1.29, 1.82) is 0 Å². The number of hydrogen-bond acceptors (Lipinski definition) is 3. The highest BCUT2D eigenvalue weighted by Crippen LogP contribution is 2.01. The fourth-order valence-electron chi connectivity index (χ4n) is 1.15. The van der Waals surface area contributed by atoms with Crippen molar-refractivity contribution in [3.05, 3.63) is 11.6 Å². The standard InChI is InChI=1S/C11H20ClNO2/c1-3-15-11(14)7-5-4-6-8-13-9-10(2)12/h13H,2-9H2,1H3. The topological polar surface area (TPSA) is 38.3 Å². The molecule has 88 valence electrons. The summed E-state index contributed by atoms with van der Waals surface area (Å²) >= 11 is 5.58. The van der Waals surface area contributed by atoms with Crippen molar-refractivity contribution >= 4 is 17.6 Å². The molecule has 0 unspecified atom stereocenters. The van der Waals surface area contributed by atoms with Gasteiger partial charge >= 0.3 is 5.97 Å². The molecule has 0 amide bonds. The van der Waals surface area contributed by atoms with E-state index < -0.39 is 0 Å². The Kier molecular flexibility index (Phi) is 9.63. The maximum Gasteiger partial charge on any atom is 0.305 e. The molecule has 0 aliphatic carbocycles. The minimum Gasteiger partial charge on any atom is -0.466 e. The lowest BCUT2D eigenvalue weighted by molar-refractivity contribution is -0.143. The summed E-state index contributed by atoms with van der Waals surface area (Å²) in [7, 11) is 0. The van der Waals surface area contributed by atoms with Gasteiger partial charge in [-0.1, -0.05) is 24.6 Å². The molecule has 0 aliphatic rings. The van der Waals surface area contributed by atoms with Crippen LogP contribution in [0.3, 0.4) is 0 Å². The maximum absolute atomic E-state index is 11.0. The first-order chi connectivity index (χ1) is 7.16. The Hall–Kier alpha value is -0.540. The molecular formula is C11H20ClNO2. The first kappa shape index (κ1) is 14.5. The molecule has 0 spiro atoms. The summed E-state index contributed by atoms with van der Waals surface area (Å²) in [5.74, 6) is -0.0976. The molecule has 0 fully saturated rings. The van der Waals surface area contributed by atoms with Gasteiger partial charge in [-0.3, -0.25) is 4.79 Å². The second-order valence-corrected chi connectivity index (χ2v) is 3.84. The second-order valence-electron chi connectivity index (χ2n) is 3.31. The molecule has 15 heavy (non-hydrogen) atoms. The number of hydrogen-bond donors (Lipinski definition) is 1. The van der Waals surface area contributed by atoms with Crippen molar-refractivity contribution in [1.82, 2.24) is 5.32 Å². The zero-order chi connectivity index (χ0) is 11.5. The highest BCUT2D eigenvalue weighted by Gasteiger charge is 2.00. The molecule has 0 aromatic rings. The van der Waals surface area contributed by atoms with Gasteiger partial charge in [0.1, 0.15) is 0 Å². The second kappa shape index (κ2) is 9.99. The Morgan fingerprint density at radius 1 is 1.40 bits per heavy atom. The monoisotopic (exact) mass is 233 g/mol. The van der Waals surface area contributed by atoms with Crippen LogP contribution in [0.25, 0.3) is 0 Å². The zero-order valence-corrected chi connectivity index (χ0v) is 10.1. The third-order valence-electron chi connectivity index (χ3n) is 1.86. The molecule has 0 aromatic carbocycles. The van der Waals surface area contributed by atoms with Crippen molar-refractivity contribution in [2.45, 2.75) is 32.6 Å². The van der Waals surface area contributed by atoms with Crippen LogP contribution >= 0.6 is 11.6 Å². The Balaban J connectivity index is 3.11. The molecule has 0 rings (SSSR count). The summed E-state index contributed by atoms with van der Waals surface area (Å²) in [6.45, 7) is 7.43. The average Bonchev–Trinajstić information content (AvgIpc) is 2.16. The van der Waals surface area contributed by atoms with Gasteiger partial charge in [0.25, 0.3) is 0 Å². The average molecular weight is 234 g/mol. The molecule has 0 radical (unpaired) electrons. The summed E-state index contributed by atoms with van der Waals surface area (Å²) in [4.78, 5) is 11.0. The number of rotatable bonds is 9. The van der Waals surface area contributed by atoms with Gasteiger partial charge in [-0.15, -0.1) is 0 Å². The summed E-state index contributed by atoms with van der Waals surface area (Å²) < 4.78 is 4.82. The van der Waals surface area contributed by atoms with Crippen LogP contribution in [0.1, 0.15) is 32.6 Å². The van der Waals surface area contributed by atoms with Gasteiger partial charge < -0.3 is 10.1 Å². The summed E-state index contributed by atoms with van der Waals surface area (Å²) in [5.41, 5.74) is 0. The number of carbonyl (C=O) groups excluding carboxylic acids is 1. The normalized spacial score (nSPS) is 10.0. The molecule has 0 saturated heterocycles. The molecule has 4 heteroatoms. The van der Waals surface area contributed by atoms with E-state index in [4.69, 9.17) is 16.3 Å². The van der Waals surface area contributed by atoms with Crippen LogP contribution in [0.4, 0.5) is 0 Å². The van der Waals surface area contributed by atoms with E-state index in [1.165, 1.54) is 0 Å². The third kappa shape index (κ3) is 11.4. The van der Waals surface area contributed by atoms with Gasteiger partial charge in [0.2, 0.25) is 0 Å². The number of halogens is 1. The van der Waals surface area contributed by atoms with Gasteiger partial charge in [0.05, 0.1) is 6.61 Å². The lowest BCUT2D eigenvalue weighted by atomic mass is 10.2. The molecular weight excluding hydrogens is 214 g/mol. The predicted octanol–water partition coefficient (Wildman–Crippen LogP) is 2.45. The van der Waals surface area contributed by atoms with E-state index in [0.29, 0.717) is 24.6 Å². The number of nitrogens with one attached hydrogen (secondary N) is 1. The Labute approximate surface area is 96.8 Å².